The van der Waals surface area contributed by atoms with E-state index in [9.17, 15) is 4.79 Å². The number of aryl methyl sites for hydroxylation is 2. The van der Waals surface area contributed by atoms with Crippen LogP contribution in [0.25, 0.3) is 10.9 Å². The first-order chi connectivity index (χ1) is 7.13. The van der Waals surface area contributed by atoms with Crippen molar-refractivity contribution in [3.8, 4) is 0 Å². The molecule has 0 aliphatic rings. The smallest absolute Gasteiger partial charge is 0.335 e. The molecular formula is C11H12N2O2. The molecule has 0 aliphatic carbocycles. The van der Waals surface area contributed by atoms with Crippen molar-refractivity contribution in [1.29, 1.82) is 0 Å². The molecule has 0 unspecified atom stereocenters. The maximum absolute atomic E-state index is 10.8. The number of aromatic carboxylic acids is 1. The Labute approximate surface area is 87.1 Å². The van der Waals surface area contributed by atoms with Gasteiger partial charge in [-0.25, -0.2) is 4.79 Å². The molecule has 0 fully saturated rings. The molecule has 2 aromatic rings. The largest absolute Gasteiger partial charge is 0.478 e. The van der Waals surface area contributed by atoms with Gasteiger partial charge in [0.1, 0.15) is 0 Å². The van der Waals surface area contributed by atoms with Gasteiger partial charge in [0.15, 0.2) is 0 Å². The van der Waals surface area contributed by atoms with Gasteiger partial charge in [-0.2, -0.15) is 5.10 Å². The SMILES string of the molecule is CCn1nc(C)c2cc(C(=O)O)ccc21. The Morgan fingerprint density at radius 3 is 2.87 bits per heavy atom. The highest BCUT2D eigenvalue weighted by Gasteiger charge is 2.09. The minimum absolute atomic E-state index is 0.307. The average Bonchev–Trinajstić information content (AvgIpc) is 2.55. The summed E-state index contributed by atoms with van der Waals surface area (Å²) in [5, 5.41) is 14.1. The Bertz CT molecular complexity index is 529. The summed E-state index contributed by atoms with van der Waals surface area (Å²) in [5.41, 5.74) is 2.16. The summed E-state index contributed by atoms with van der Waals surface area (Å²) < 4.78 is 1.87. The van der Waals surface area contributed by atoms with E-state index in [-0.39, 0.29) is 0 Å². The molecule has 0 saturated heterocycles. The minimum atomic E-state index is -0.902. The first-order valence-corrected chi connectivity index (χ1v) is 4.84. The highest BCUT2D eigenvalue weighted by atomic mass is 16.4. The van der Waals surface area contributed by atoms with Crippen molar-refractivity contribution in [2.24, 2.45) is 0 Å². The zero-order valence-corrected chi connectivity index (χ0v) is 8.69. The Morgan fingerprint density at radius 1 is 1.53 bits per heavy atom. The predicted octanol–water partition coefficient (Wildman–Crippen LogP) is 2.06. The van der Waals surface area contributed by atoms with Gasteiger partial charge in [0.05, 0.1) is 16.8 Å². The number of hydrogen-bond acceptors (Lipinski definition) is 2. The fourth-order valence-electron chi connectivity index (χ4n) is 1.71. The van der Waals surface area contributed by atoms with Gasteiger partial charge >= 0.3 is 5.97 Å². The molecule has 4 nitrogen and oxygen atoms in total. The molecular weight excluding hydrogens is 192 g/mol. The highest BCUT2D eigenvalue weighted by Crippen LogP contribution is 2.19. The number of nitrogens with zero attached hydrogens (tertiary/aromatic N) is 2. The number of rotatable bonds is 2. The summed E-state index contributed by atoms with van der Waals surface area (Å²) >= 11 is 0. The van der Waals surface area contributed by atoms with Crippen LogP contribution in [-0.4, -0.2) is 20.9 Å². The van der Waals surface area contributed by atoms with Crippen molar-refractivity contribution in [2.75, 3.05) is 0 Å². The maximum atomic E-state index is 10.8. The molecule has 1 heterocycles. The van der Waals surface area contributed by atoms with Crippen LogP contribution in [0.5, 0.6) is 0 Å². The van der Waals surface area contributed by atoms with Crippen molar-refractivity contribution >= 4 is 16.9 Å². The van der Waals surface area contributed by atoms with Gasteiger partial charge in [0, 0.05) is 11.9 Å². The first kappa shape index (κ1) is 9.71. The van der Waals surface area contributed by atoms with Gasteiger partial charge in [-0.05, 0) is 32.0 Å². The maximum Gasteiger partial charge on any atom is 0.335 e. The number of aromatic nitrogens is 2. The number of carboxylic acids is 1. The van der Waals surface area contributed by atoms with Crippen molar-refractivity contribution in [2.45, 2.75) is 20.4 Å². The summed E-state index contributed by atoms with van der Waals surface area (Å²) in [4.78, 5) is 10.8. The van der Waals surface area contributed by atoms with E-state index < -0.39 is 5.97 Å². The fraction of sp³-hybridized carbons (Fsp3) is 0.273. The predicted molar refractivity (Wildman–Crippen MR) is 57.1 cm³/mol. The number of fused-ring (bicyclic) bond motifs is 1. The van der Waals surface area contributed by atoms with Gasteiger partial charge in [0.2, 0.25) is 0 Å². The summed E-state index contributed by atoms with van der Waals surface area (Å²) in [7, 11) is 0. The molecule has 78 valence electrons. The third-order valence-electron chi connectivity index (χ3n) is 2.48. The van der Waals surface area contributed by atoms with Gasteiger partial charge in [0.25, 0.3) is 0 Å². The number of hydrogen-bond donors (Lipinski definition) is 1. The normalized spacial score (nSPS) is 10.8. The van der Waals surface area contributed by atoms with Crippen LogP contribution in [0, 0.1) is 6.92 Å². The lowest BCUT2D eigenvalue weighted by molar-refractivity contribution is 0.0697. The monoisotopic (exact) mass is 204 g/mol. The molecule has 0 saturated carbocycles. The summed E-state index contributed by atoms with van der Waals surface area (Å²) in [6.07, 6.45) is 0. The minimum Gasteiger partial charge on any atom is -0.478 e. The Morgan fingerprint density at radius 2 is 2.27 bits per heavy atom. The summed E-state index contributed by atoms with van der Waals surface area (Å²) in [6.45, 7) is 4.69. The summed E-state index contributed by atoms with van der Waals surface area (Å²) in [5.74, 6) is -0.902. The lowest BCUT2D eigenvalue weighted by Crippen LogP contribution is -1.97. The van der Waals surface area contributed by atoms with Gasteiger partial charge in [-0.3, -0.25) is 4.68 Å². The van der Waals surface area contributed by atoms with E-state index in [4.69, 9.17) is 5.11 Å². The Hall–Kier alpha value is -1.84. The fourth-order valence-corrected chi connectivity index (χ4v) is 1.71. The molecule has 0 bridgehead atoms. The molecule has 15 heavy (non-hydrogen) atoms. The summed E-state index contributed by atoms with van der Waals surface area (Å²) in [6, 6.07) is 5.09. The van der Waals surface area contributed by atoms with Crippen LogP contribution in [0.1, 0.15) is 23.0 Å². The lowest BCUT2D eigenvalue weighted by atomic mass is 10.1. The van der Waals surface area contributed by atoms with Crippen molar-refractivity contribution in [3.63, 3.8) is 0 Å². The molecule has 2 rings (SSSR count). The molecule has 4 heteroatoms. The van der Waals surface area contributed by atoms with Crippen molar-refractivity contribution in [1.82, 2.24) is 9.78 Å². The zero-order valence-electron chi connectivity index (χ0n) is 8.69. The average molecular weight is 204 g/mol. The molecule has 0 radical (unpaired) electrons. The van der Waals surface area contributed by atoms with Gasteiger partial charge < -0.3 is 5.11 Å². The van der Waals surface area contributed by atoms with Crippen LogP contribution in [0.2, 0.25) is 0 Å². The zero-order chi connectivity index (χ0) is 11.0. The lowest BCUT2D eigenvalue weighted by Gasteiger charge is -1.98. The third kappa shape index (κ3) is 1.48. The van der Waals surface area contributed by atoms with Crippen LogP contribution in [-0.2, 0) is 6.54 Å². The standard InChI is InChI=1S/C11H12N2O2/c1-3-13-10-5-4-8(11(14)15)6-9(10)7(2)12-13/h4-6H,3H2,1-2H3,(H,14,15). The second-order valence-electron chi connectivity index (χ2n) is 3.44. The van der Waals surface area contributed by atoms with E-state index >= 15 is 0 Å². The second-order valence-corrected chi connectivity index (χ2v) is 3.44. The van der Waals surface area contributed by atoms with Gasteiger partial charge in [-0.1, -0.05) is 0 Å². The molecule has 0 amide bonds. The van der Waals surface area contributed by atoms with E-state index in [0.29, 0.717) is 5.56 Å². The van der Waals surface area contributed by atoms with Crippen LogP contribution in [0.3, 0.4) is 0 Å². The highest BCUT2D eigenvalue weighted by molar-refractivity contribution is 5.94. The van der Waals surface area contributed by atoms with Crippen LogP contribution < -0.4 is 0 Å². The molecule has 0 spiro atoms. The third-order valence-corrected chi connectivity index (χ3v) is 2.48. The Balaban J connectivity index is 2.72. The van der Waals surface area contributed by atoms with E-state index in [2.05, 4.69) is 5.10 Å². The van der Waals surface area contributed by atoms with Gasteiger partial charge in [-0.15, -0.1) is 0 Å². The molecule has 1 aromatic heterocycles. The van der Waals surface area contributed by atoms with E-state index in [1.165, 1.54) is 0 Å². The van der Waals surface area contributed by atoms with E-state index in [1.807, 2.05) is 24.6 Å². The van der Waals surface area contributed by atoms with E-state index in [0.717, 1.165) is 23.1 Å². The van der Waals surface area contributed by atoms with Crippen molar-refractivity contribution in [3.05, 3.63) is 29.5 Å². The number of carbonyl (C=O) groups is 1. The quantitative estimate of drug-likeness (QED) is 0.814. The first-order valence-electron chi connectivity index (χ1n) is 4.84. The van der Waals surface area contributed by atoms with Crippen molar-refractivity contribution < 1.29 is 9.90 Å². The van der Waals surface area contributed by atoms with Crippen LogP contribution in [0.4, 0.5) is 0 Å². The topological polar surface area (TPSA) is 55.1 Å². The second kappa shape index (κ2) is 3.38. The molecule has 0 aliphatic heterocycles. The molecule has 1 N–H and O–H groups in total. The number of benzene rings is 1. The Kier molecular flexibility index (Phi) is 2.19. The van der Waals surface area contributed by atoms with E-state index in [1.54, 1.807) is 12.1 Å². The van der Waals surface area contributed by atoms with Crippen LogP contribution >= 0.6 is 0 Å². The molecule has 0 atom stereocenters. The van der Waals surface area contributed by atoms with Crippen LogP contribution in [0.15, 0.2) is 18.2 Å². The molecule has 1 aromatic carbocycles. The number of carboxylic acid groups (broad SMARTS) is 1.